The van der Waals surface area contributed by atoms with Crippen LogP contribution in [0.4, 0.5) is 19.0 Å². The van der Waals surface area contributed by atoms with E-state index in [2.05, 4.69) is 20.4 Å². The molecule has 1 aromatic carbocycles. The van der Waals surface area contributed by atoms with Gasteiger partial charge in [0, 0.05) is 16.7 Å². The van der Waals surface area contributed by atoms with Gasteiger partial charge in [0.15, 0.2) is 0 Å². The van der Waals surface area contributed by atoms with Crippen LogP contribution in [-0.2, 0) is 0 Å². The van der Waals surface area contributed by atoms with Gasteiger partial charge in [0.2, 0.25) is 0 Å². The maximum Gasteiger partial charge on any atom is 0.446 e. The molecule has 0 amide bonds. The molecule has 1 N–H and O–H groups in total. The number of benzene rings is 1. The first-order chi connectivity index (χ1) is 12.4. The van der Waals surface area contributed by atoms with Crippen LogP contribution >= 0.6 is 11.8 Å². The lowest BCUT2D eigenvalue weighted by atomic mass is 10.0. The zero-order valence-electron chi connectivity index (χ0n) is 13.9. The van der Waals surface area contributed by atoms with Gasteiger partial charge in [-0.25, -0.2) is 4.98 Å². The topological polar surface area (TPSA) is 55.1 Å². The summed E-state index contributed by atoms with van der Waals surface area (Å²) in [7, 11) is 0. The molecule has 0 spiro atoms. The fourth-order valence-electron chi connectivity index (χ4n) is 2.97. The number of alkyl halides is 3. The molecule has 26 heavy (non-hydrogen) atoms. The summed E-state index contributed by atoms with van der Waals surface area (Å²) in [5, 5.41) is 7.68. The molecule has 2 heterocycles. The molecule has 0 bridgehead atoms. The Morgan fingerprint density at radius 1 is 1.23 bits per heavy atom. The van der Waals surface area contributed by atoms with Crippen molar-refractivity contribution in [1.82, 2.24) is 19.6 Å². The Morgan fingerprint density at radius 2 is 1.96 bits per heavy atom. The van der Waals surface area contributed by atoms with Gasteiger partial charge in [-0.1, -0.05) is 12.1 Å². The van der Waals surface area contributed by atoms with Crippen molar-refractivity contribution >= 4 is 23.4 Å². The maximum absolute atomic E-state index is 12.5. The van der Waals surface area contributed by atoms with Crippen LogP contribution in [0.25, 0.3) is 5.78 Å². The lowest BCUT2D eigenvalue weighted by Crippen LogP contribution is -2.16. The standard InChI is InChI=1S/C17H16F3N5S/c1-10-8-14(25-16(23-10)21-9-22-25)24-15(11-2-3-11)12-4-6-13(7-5-12)26-17(18,19)20/h4-9,11,15,24H,2-3H2,1H3/t15-/m1/s1. The van der Waals surface area contributed by atoms with Crippen molar-refractivity contribution in [2.45, 2.75) is 36.2 Å². The SMILES string of the molecule is Cc1cc(N[C@@H](c2ccc(SC(F)(F)F)cc2)C2CC2)n2ncnc2n1. The molecule has 1 atom stereocenters. The molecular formula is C17H16F3N5S. The third-order valence-electron chi connectivity index (χ3n) is 4.25. The van der Waals surface area contributed by atoms with Gasteiger partial charge in [-0.3, -0.25) is 0 Å². The van der Waals surface area contributed by atoms with Crippen LogP contribution in [0.15, 0.2) is 41.6 Å². The van der Waals surface area contributed by atoms with Crippen molar-refractivity contribution in [1.29, 1.82) is 0 Å². The van der Waals surface area contributed by atoms with E-state index in [1.54, 1.807) is 16.6 Å². The van der Waals surface area contributed by atoms with Crippen LogP contribution in [0.3, 0.4) is 0 Å². The highest BCUT2D eigenvalue weighted by atomic mass is 32.2. The van der Waals surface area contributed by atoms with Crippen molar-refractivity contribution < 1.29 is 13.2 Å². The number of fused-ring (bicyclic) bond motifs is 1. The Labute approximate surface area is 152 Å². The molecule has 4 rings (SSSR count). The minimum Gasteiger partial charge on any atom is -0.363 e. The molecule has 0 unspecified atom stereocenters. The summed E-state index contributed by atoms with van der Waals surface area (Å²) in [5.41, 5.74) is -2.50. The Balaban J connectivity index is 1.61. The number of rotatable bonds is 5. The lowest BCUT2D eigenvalue weighted by molar-refractivity contribution is -0.0328. The second kappa shape index (κ2) is 6.46. The molecule has 1 aliphatic rings. The predicted octanol–water partition coefficient (Wildman–Crippen LogP) is 4.61. The molecule has 0 aliphatic heterocycles. The third-order valence-corrected chi connectivity index (χ3v) is 4.99. The van der Waals surface area contributed by atoms with Crippen molar-refractivity contribution in [3.05, 3.63) is 47.9 Å². The van der Waals surface area contributed by atoms with Crippen molar-refractivity contribution in [2.75, 3.05) is 5.32 Å². The van der Waals surface area contributed by atoms with E-state index in [9.17, 15) is 13.2 Å². The van der Waals surface area contributed by atoms with E-state index < -0.39 is 5.51 Å². The summed E-state index contributed by atoms with van der Waals surface area (Å²) in [6.07, 6.45) is 3.62. The average Bonchev–Trinajstić information content (AvgIpc) is 3.29. The largest absolute Gasteiger partial charge is 0.446 e. The van der Waals surface area contributed by atoms with Crippen LogP contribution in [0.5, 0.6) is 0 Å². The monoisotopic (exact) mass is 379 g/mol. The quantitative estimate of drug-likeness (QED) is 0.656. The number of anilines is 1. The molecule has 1 aliphatic carbocycles. The minimum absolute atomic E-state index is 0.00846. The van der Waals surface area contributed by atoms with E-state index in [0.717, 1.165) is 29.9 Å². The molecule has 136 valence electrons. The van der Waals surface area contributed by atoms with Gasteiger partial charge in [0.25, 0.3) is 5.78 Å². The van der Waals surface area contributed by atoms with Gasteiger partial charge in [0.05, 0.1) is 6.04 Å². The Hall–Kier alpha value is -2.29. The maximum atomic E-state index is 12.5. The molecule has 1 fully saturated rings. The molecule has 3 aromatic rings. The van der Waals surface area contributed by atoms with E-state index in [-0.39, 0.29) is 22.7 Å². The summed E-state index contributed by atoms with van der Waals surface area (Å²) in [6.45, 7) is 1.88. The number of aromatic nitrogens is 4. The smallest absolute Gasteiger partial charge is 0.363 e. The number of nitrogens with one attached hydrogen (secondary N) is 1. The summed E-state index contributed by atoms with van der Waals surface area (Å²) in [5.74, 6) is 1.73. The highest BCUT2D eigenvalue weighted by Crippen LogP contribution is 2.44. The minimum atomic E-state index is -4.27. The van der Waals surface area contributed by atoms with E-state index in [0.29, 0.717) is 11.7 Å². The van der Waals surface area contributed by atoms with Crippen molar-refractivity contribution in [3.8, 4) is 0 Å². The number of halogens is 3. The molecular weight excluding hydrogens is 363 g/mol. The predicted molar refractivity (Wildman–Crippen MR) is 93.0 cm³/mol. The number of hydrogen-bond acceptors (Lipinski definition) is 5. The molecule has 0 saturated heterocycles. The average molecular weight is 379 g/mol. The Bertz CT molecular complexity index is 918. The first-order valence-electron chi connectivity index (χ1n) is 8.19. The molecule has 5 nitrogen and oxygen atoms in total. The van der Waals surface area contributed by atoms with Gasteiger partial charge in [0.1, 0.15) is 12.1 Å². The summed E-state index contributed by atoms with van der Waals surface area (Å²) < 4.78 is 39.2. The Kier molecular flexibility index (Phi) is 4.26. The summed E-state index contributed by atoms with van der Waals surface area (Å²) in [6, 6.07) is 8.47. The molecule has 0 radical (unpaired) electrons. The highest BCUT2D eigenvalue weighted by molar-refractivity contribution is 8.00. The second-order valence-corrected chi connectivity index (χ2v) is 7.47. The number of hydrogen-bond donors (Lipinski definition) is 1. The van der Waals surface area contributed by atoms with Crippen LogP contribution in [-0.4, -0.2) is 25.1 Å². The van der Waals surface area contributed by atoms with E-state index in [1.165, 1.54) is 18.5 Å². The normalized spacial score (nSPS) is 16.0. The Morgan fingerprint density at radius 3 is 2.62 bits per heavy atom. The van der Waals surface area contributed by atoms with Gasteiger partial charge in [-0.05, 0) is 55.1 Å². The van der Waals surface area contributed by atoms with Crippen molar-refractivity contribution in [3.63, 3.8) is 0 Å². The third kappa shape index (κ3) is 3.77. The second-order valence-electron chi connectivity index (χ2n) is 6.33. The fraction of sp³-hybridized carbons (Fsp3) is 0.353. The number of aryl methyl sites for hydroxylation is 1. The van der Waals surface area contributed by atoms with E-state index in [1.807, 2.05) is 13.0 Å². The molecule has 1 saturated carbocycles. The first-order valence-corrected chi connectivity index (χ1v) is 9.00. The van der Waals surface area contributed by atoms with Crippen LogP contribution in [0.1, 0.15) is 30.1 Å². The van der Waals surface area contributed by atoms with Gasteiger partial charge in [-0.2, -0.15) is 27.8 Å². The van der Waals surface area contributed by atoms with Crippen LogP contribution in [0, 0.1) is 12.8 Å². The molecule has 9 heteroatoms. The van der Waals surface area contributed by atoms with Crippen LogP contribution < -0.4 is 5.32 Å². The molecule has 2 aromatic heterocycles. The lowest BCUT2D eigenvalue weighted by Gasteiger charge is -2.21. The fourth-order valence-corrected chi connectivity index (χ4v) is 3.51. The number of thioether (sulfide) groups is 1. The highest BCUT2D eigenvalue weighted by Gasteiger charge is 2.33. The van der Waals surface area contributed by atoms with Gasteiger partial charge in [-0.15, -0.1) is 0 Å². The van der Waals surface area contributed by atoms with E-state index >= 15 is 0 Å². The summed E-state index contributed by atoms with van der Waals surface area (Å²) >= 11 is -0.0969. The van der Waals surface area contributed by atoms with Crippen LogP contribution in [0.2, 0.25) is 0 Å². The first kappa shape index (κ1) is 17.1. The number of nitrogens with zero attached hydrogens (tertiary/aromatic N) is 4. The van der Waals surface area contributed by atoms with Crippen molar-refractivity contribution in [2.24, 2.45) is 5.92 Å². The van der Waals surface area contributed by atoms with E-state index in [4.69, 9.17) is 0 Å². The zero-order valence-corrected chi connectivity index (χ0v) is 14.7. The van der Waals surface area contributed by atoms with Gasteiger partial charge < -0.3 is 5.32 Å². The summed E-state index contributed by atoms with van der Waals surface area (Å²) in [4.78, 5) is 8.63. The van der Waals surface area contributed by atoms with Gasteiger partial charge >= 0.3 is 5.51 Å². The zero-order chi connectivity index (χ0) is 18.3.